The molecule has 0 spiro atoms. The fourth-order valence-corrected chi connectivity index (χ4v) is 1.52. The first-order valence-electron chi connectivity index (χ1n) is 4.67. The van der Waals surface area contributed by atoms with Crippen LogP contribution in [0, 0.1) is 17.0 Å². The average molecular weight is 192 g/mol. The molecule has 0 amide bonds. The molecule has 0 aliphatic rings. The molecule has 3 nitrogen and oxygen atoms in total. The smallest absolute Gasteiger partial charge is 0.258 e. The number of hydrogen-bond donors (Lipinski definition) is 0. The van der Waals surface area contributed by atoms with Gasteiger partial charge in [0, 0.05) is 11.1 Å². The number of para-hydroxylation sites is 1. The molecule has 1 radical (unpaired) electrons. The molecule has 0 aliphatic heterocycles. The van der Waals surface area contributed by atoms with Gasteiger partial charge in [0.05, 0.1) is 4.92 Å². The van der Waals surface area contributed by atoms with Crippen LogP contribution >= 0.6 is 0 Å². The lowest BCUT2D eigenvalue weighted by molar-refractivity contribution is -0.386. The van der Waals surface area contributed by atoms with Gasteiger partial charge in [-0.25, -0.2) is 0 Å². The fourth-order valence-electron chi connectivity index (χ4n) is 1.52. The van der Waals surface area contributed by atoms with Crippen LogP contribution in [0.2, 0.25) is 0 Å². The SMILES string of the molecule is [CH2]C(C)c1cccc(CC)c1[N+](=O)[O-]. The van der Waals surface area contributed by atoms with Gasteiger partial charge in [0.25, 0.3) is 5.69 Å². The van der Waals surface area contributed by atoms with Crippen molar-refractivity contribution in [3.05, 3.63) is 46.4 Å². The summed E-state index contributed by atoms with van der Waals surface area (Å²) in [6, 6.07) is 5.42. The minimum atomic E-state index is -0.310. The molecule has 0 saturated heterocycles. The molecule has 0 heterocycles. The Bertz CT molecular complexity index is 345. The highest BCUT2D eigenvalue weighted by Crippen LogP contribution is 2.29. The molecule has 1 unspecified atom stereocenters. The van der Waals surface area contributed by atoms with Gasteiger partial charge in [-0.05, 0) is 19.3 Å². The molecule has 0 fully saturated rings. The van der Waals surface area contributed by atoms with Gasteiger partial charge in [0.2, 0.25) is 0 Å². The molecule has 0 N–H and O–H groups in total. The molecular weight excluding hydrogens is 178 g/mol. The number of hydrogen-bond acceptors (Lipinski definition) is 2. The third-order valence-corrected chi connectivity index (χ3v) is 2.25. The summed E-state index contributed by atoms with van der Waals surface area (Å²) >= 11 is 0. The maximum absolute atomic E-state index is 10.9. The summed E-state index contributed by atoms with van der Waals surface area (Å²) in [4.78, 5) is 10.6. The normalized spacial score (nSPS) is 10.6. The van der Waals surface area contributed by atoms with Crippen molar-refractivity contribution in [1.29, 1.82) is 0 Å². The standard InChI is InChI=1S/C11H14NO2/c1-4-9-6-5-7-10(8(2)3)11(9)12(13)14/h5-8H,2,4H2,1,3H3. The molecule has 3 heteroatoms. The van der Waals surface area contributed by atoms with E-state index in [2.05, 4.69) is 6.92 Å². The molecule has 1 atom stereocenters. The lowest BCUT2D eigenvalue weighted by atomic mass is 9.97. The van der Waals surface area contributed by atoms with Crippen molar-refractivity contribution in [1.82, 2.24) is 0 Å². The lowest BCUT2D eigenvalue weighted by Crippen LogP contribution is -2.01. The number of rotatable bonds is 3. The maximum Gasteiger partial charge on any atom is 0.275 e. The van der Waals surface area contributed by atoms with Gasteiger partial charge >= 0.3 is 0 Å². The Balaban J connectivity index is 3.35. The van der Waals surface area contributed by atoms with Crippen molar-refractivity contribution in [3.63, 3.8) is 0 Å². The highest BCUT2D eigenvalue weighted by Gasteiger charge is 2.19. The van der Waals surface area contributed by atoms with Gasteiger partial charge in [-0.15, -0.1) is 0 Å². The summed E-state index contributed by atoms with van der Waals surface area (Å²) in [5.41, 5.74) is 1.73. The Hall–Kier alpha value is -1.38. The quantitative estimate of drug-likeness (QED) is 0.545. The largest absolute Gasteiger partial charge is 0.275 e. The van der Waals surface area contributed by atoms with Crippen LogP contribution in [0.1, 0.15) is 30.9 Å². The van der Waals surface area contributed by atoms with E-state index < -0.39 is 0 Å². The van der Waals surface area contributed by atoms with E-state index >= 15 is 0 Å². The van der Waals surface area contributed by atoms with Crippen LogP contribution in [0.25, 0.3) is 0 Å². The first kappa shape index (κ1) is 10.7. The van der Waals surface area contributed by atoms with Gasteiger partial charge in [-0.3, -0.25) is 10.1 Å². The number of nitro benzene ring substituents is 1. The van der Waals surface area contributed by atoms with Gasteiger partial charge in [-0.2, -0.15) is 0 Å². The summed E-state index contributed by atoms with van der Waals surface area (Å²) in [7, 11) is 0. The Morgan fingerprint density at radius 1 is 1.57 bits per heavy atom. The van der Waals surface area contributed by atoms with E-state index in [1.807, 2.05) is 19.9 Å². The average Bonchev–Trinajstić information content (AvgIpc) is 2.16. The molecule has 1 aromatic carbocycles. The molecule has 0 saturated carbocycles. The highest BCUT2D eigenvalue weighted by atomic mass is 16.6. The van der Waals surface area contributed by atoms with Crippen LogP contribution in [-0.4, -0.2) is 4.92 Å². The second-order valence-electron chi connectivity index (χ2n) is 3.37. The first-order valence-corrected chi connectivity index (χ1v) is 4.67. The van der Waals surface area contributed by atoms with Gasteiger partial charge < -0.3 is 0 Å². The molecule has 1 aromatic rings. The number of nitro groups is 1. The molecule has 0 bridgehead atoms. The van der Waals surface area contributed by atoms with Crippen molar-refractivity contribution >= 4 is 5.69 Å². The Morgan fingerprint density at radius 3 is 2.64 bits per heavy atom. The van der Waals surface area contributed by atoms with Crippen LogP contribution in [-0.2, 0) is 6.42 Å². The van der Waals surface area contributed by atoms with Crippen LogP contribution < -0.4 is 0 Å². The van der Waals surface area contributed by atoms with E-state index in [-0.39, 0.29) is 16.5 Å². The Kier molecular flexibility index (Phi) is 3.23. The molecule has 1 rings (SSSR count). The van der Waals surface area contributed by atoms with E-state index in [1.54, 1.807) is 12.1 Å². The van der Waals surface area contributed by atoms with E-state index in [4.69, 9.17) is 0 Å². The van der Waals surface area contributed by atoms with Crippen molar-refractivity contribution in [2.75, 3.05) is 0 Å². The third-order valence-electron chi connectivity index (χ3n) is 2.25. The molecule has 14 heavy (non-hydrogen) atoms. The van der Waals surface area contributed by atoms with Gasteiger partial charge in [-0.1, -0.05) is 32.0 Å². The van der Waals surface area contributed by atoms with E-state index in [0.29, 0.717) is 12.0 Å². The molecule has 0 aromatic heterocycles. The zero-order valence-corrected chi connectivity index (χ0v) is 8.49. The molecule has 75 valence electrons. The molecular formula is C11H14NO2. The minimum absolute atomic E-state index is 0.0538. The maximum atomic E-state index is 10.9. The van der Waals surface area contributed by atoms with E-state index in [9.17, 15) is 10.1 Å². The zero-order chi connectivity index (χ0) is 10.7. The van der Waals surface area contributed by atoms with Crippen molar-refractivity contribution in [2.45, 2.75) is 26.2 Å². The predicted molar refractivity (Wildman–Crippen MR) is 56.2 cm³/mol. The van der Waals surface area contributed by atoms with Crippen molar-refractivity contribution in [2.24, 2.45) is 0 Å². The summed E-state index contributed by atoms with van der Waals surface area (Å²) in [6.07, 6.45) is 0.677. The van der Waals surface area contributed by atoms with Crippen LogP contribution in [0.15, 0.2) is 18.2 Å². The lowest BCUT2D eigenvalue weighted by Gasteiger charge is -2.08. The van der Waals surface area contributed by atoms with Gasteiger partial charge in [0.1, 0.15) is 0 Å². The number of nitrogens with zero attached hydrogens (tertiary/aromatic N) is 1. The second kappa shape index (κ2) is 4.22. The van der Waals surface area contributed by atoms with Gasteiger partial charge in [0.15, 0.2) is 0 Å². The van der Waals surface area contributed by atoms with Crippen LogP contribution in [0.4, 0.5) is 5.69 Å². The summed E-state index contributed by atoms with van der Waals surface area (Å²) in [6.45, 7) is 7.60. The summed E-state index contributed by atoms with van der Waals surface area (Å²) in [5, 5.41) is 10.9. The first-order chi connectivity index (χ1) is 6.57. The number of benzene rings is 1. The zero-order valence-electron chi connectivity index (χ0n) is 8.49. The Morgan fingerprint density at radius 2 is 2.21 bits per heavy atom. The summed E-state index contributed by atoms with van der Waals surface area (Å²) < 4.78 is 0. The second-order valence-corrected chi connectivity index (χ2v) is 3.37. The monoisotopic (exact) mass is 192 g/mol. The van der Waals surface area contributed by atoms with E-state index in [1.165, 1.54) is 0 Å². The van der Waals surface area contributed by atoms with Crippen molar-refractivity contribution in [3.8, 4) is 0 Å². The topological polar surface area (TPSA) is 43.1 Å². The van der Waals surface area contributed by atoms with Crippen LogP contribution in [0.5, 0.6) is 0 Å². The summed E-state index contributed by atoms with van der Waals surface area (Å²) in [5.74, 6) is -0.0538. The number of aryl methyl sites for hydroxylation is 1. The molecule has 0 aliphatic carbocycles. The Labute approximate surface area is 83.9 Å². The van der Waals surface area contributed by atoms with Crippen LogP contribution in [0.3, 0.4) is 0 Å². The highest BCUT2D eigenvalue weighted by molar-refractivity contribution is 5.49. The van der Waals surface area contributed by atoms with Crippen molar-refractivity contribution < 1.29 is 4.92 Å². The van der Waals surface area contributed by atoms with E-state index in [0.717, 1.165) is 5.56 Å². The third kappa shape index (κ3) is 1.92. The fraction of sp³-hybridized carbons (Fsp3) is 0.364. The predicted octanol–water partition coefficient (Wildman–Crippen LogP) is 3.09. The minimum Gasteiger partial charge on any atom is -0.258 e.